The van der Waals surface area contributed by atoms with Gasteiger partial charge in [0.1, 0.15) is 5.69 Å². The van der Waals surface area contributed by atoms with Crippen LogP contribution in [0.3, 0.4) is 0 Å². The van der Waals surface area contributed by atoms with Crippen molar-refractivity contribution in [2.24, 2.45) is 0 Å². The lowest BCUT2D eigenvalue weighted by Gasteiger charge is -2.17. The number of aromatic nitrogens is 1. The highest BCUT2D eigenvalue weighted by Gasteiger charge is 2.16. The molecule has 0 saturated carbocycles. The zero-order chi connectivity index (χ0) is 14.3. The van der Waals surface area contributed by atoms with Gasteiger partial charge in [-0.2, -0.15) is 0 Å². The van der Waals surface area contributed by atoms with Crippen molar-refractivity contribution in [1.82, 2.24) is 9.88 Å². The molecule has 1 aromatic heterocycles. The van der Waals surface area contributed by atoms with Crippen molar-refractivity contribution in [1.29, 1.82) is 0 Å². The Morgan fingerprint density at radius 3 is 2.79 bits per heavy atom. The van der Waals surface area contributed by atoms with Gasteiger partial charge in [0.25, 0.3) is 0 Å². The second-order valence-corrected chi connectivity index (χ2v) is 4.44. The fourth-order valence-electron chi connectivity index (χ4n) is 1.70. The molecule has 0 aliphatic carbocycles. The molecule has 1 atom stereocenters. The molecule has 106 valence electrons. The average molecular weight is 266 g/mol. The van der Waals surface area contributed by atoms with Gasteiger partial charge in [-0.15, -0.1) is 0 Å². The molecule has 0 aliphatic rings. The van der Waals surface area contributed by atoms with Crippen LogP contribution in [0, 0.1) is 0 Å². The summed E-state index contributed by atoms with van der Waals surface area (Å²) in [6.45, 7) is 6.63. The Bertz CT molecular complexity index is 426. The van der Waals surface area contributed by atoms with Gasteiger partial charge in [0, 0.05) is 25.2 Å². The van der Waals surface area contributed by atoms with Gasteiger partial charge in [0.15, 0.2) is 0 Å². The Morgan fingerprint density at radius 1 is 1.42 bits per heavy atom. The predicted molar refractivity (Wildman–Crippen MR) is 73.0 cm³/mol. The topological polar surface area (TPSA) is 60.3 Å². The second-order valence-electron chi connectivity index (χ2n) is 4.44. The van der Waals surface area contributed by atoms with Gasteiger partial charge in [-0.05, 0) is 25.5 Å². The quantitative estimate of drug-likeness (QED) is 0.769. The van der Waals surface area contributed by atoms with E-state index in [0.717, 1.165) is 6.42 Å². The van der Waals surface area contributed by atoms with Gasteiger partial charge in [0.2, 0.25) is 5.91 Å². The molecule has 5 nitrogen and oxygen atoms in total. The zero-order valence-corrected chi connectivity index (χ0v) is 11.8. The van der Waals surface area contributed by atoms with Gasteiger partial charge >= 0.3 is 5.97 Å². The summed E-state index contributed by atoms with van der Waals surface area (Å²) in [5, 5.41) is 2.82. The second kappa shape index (κ2) is 7.61. The number of nitrogens with one attached hydrogen (secondary N) is 1. The minimum absolute atomic E-state index is 0.00844. The van der Waals surface area contributed by atoms with Gasteiger partial charge in [-0.3, -0.25) is 4.79 Å². The number of esters is 1. The summed E-state index contributed by atoms with van der Waals surface area (Å²) in [5.74, 6) is -0.311. The van der Waals surface area contributed by atoms with Gasteiger partial charge < -0.3 is 14.6 Å². The molecule has 0 fully saturated rings. The highest BCUT2D eigenvalue weighted by Crippen LogP contribution is 2.12. The first kappa shape index (κ1) is 15.3. The van der Waals surface area contributed by atoms with Crippen LogP contribution in [0.5, 0.6) is 0 Å². The predicted octanol–water partition coefficient (Wildman–Crippen LogP) is 2.14. The number of hydrogen-bond donors (Lipinski definition) is 1. The number of carbonyl (C=O) groups excluding carboxylic acids is 2. The third-order valence-corrected chi connectivity index (χ3v) is 2.82. The van der Waals surface area contributed by atoms with Crippen molar-refractivity contribution in [3.63, 3.8) is 0 Å². The Morgan fingerprint density at radius 2 is 2.16 bits per heavy atom. The maximum absolute atomic E-state index is 11.9. The molecule has 5 heteroatoms. The number of amides is 1. The molecule has 1 unspecified atom stereocenters. The van der Waals surface area contributed by atoms with Crippen LogP contribution in [0.4, 0.5) is 0 Å². The van der Waals surface area contributed by atoms with E-state index >= 15 is 0 Å². The van der Waals surface area contributed by atoms with E-state index in [0.29, 0.717) is 25.3 Å². The summed E-state index contributed by atoms with van der Waals surface area (Å²) in [7, 11) is 0. The Hall–Kier alpha value is -1.78. The third kappa shape index (κ3) is 4.43. The van der Waals surface area contributed by atoms with Crippen LogP contribution in [0.2, 0.25) is 0 Å². The van der Waals surface area contributed by atoms with Crippen molar-refractivity contribution in [2.75, 3.05) is 13.2 Å². The van der Waals surface area contributed by atoms with Crippen LogP contribution in [0.1, 0.15) is 50.1 Å². The normalized spacial score (nSPS) is 11.9. The molecule has 0 aliphatic heterocycles. The molecule has 0 saturated heterocycles. The number of carbonyl (C=O) groups is 2. The SMILES string of the molecule is CCCOC(=O)c1cccn1C(C)CNC(=O)CC. The Kier molecular flexibility index (Phi) is 6.12. The van der Waals surface area contributed by atoms with Crippen LogP contribution in [0.25, 0.3) is 0 Å². The third-order valence-electron chi connectivity index (χ3n) is 2.82. The lowest BCUT2D eigenvalue weighted by Crippen LogP contribution is -2.29. The first-order valence-corrected chi connectivity index (χ1v) is 6.70. The van der Waals surface area contributed by atoms with E-state index in [-0.39, 0.29) is 17.9 Å². The summed E-state index contributed by atoms with van der Waals surface area (Å²) < 4.78 is 6.95. The molecule has 19 heavy (non-hydrogen) atoms. The van der Waals surface area contributed by atoms with Crippen molar-refractivity contribution in [2.45, 2.75) is 39.7 Å². The molecular formula is C14H22N2O3. The molecule has 1 amide bonds. The highest BCUT2D eigenvalue weighted by molar-refractivity contribution is 5.87. The van der Waals surface area contributed by atoms with Gasteiger partial charge in [-0.25, -0.2) is 4.79 Å². The molecule has 1 aromatic rings. The fourth-order valence-corrected chi connectivity index (χ4v) is 1.70. The molecule has 1 heterocycles. The van der Waals surface area contributed by atoms with Crippen LogP contribution >= 0.6 is 0 Å². The minimum Gasteiger partial charge on any atom is -0.461 e. The van der Waals surface area contributed by atoms with Crippen LogP contribution in [-0.2, 0) is 9.53 Å². The molecule has 0 bridgehead atoms. The summed E-state index contributed by atoms with van der Waals surface area (Å²) >= 11 is 0. The van der Waals surface area contributed by atoms with Crippen LogP contribution < -0.4 is 5.32 Å². The van der Waals surface area contributed by atoms with Crippen LogP contribution in [0.15, 0.2) is 18.3 Å². The summed E-state index contributed by atoms with van der Waals surface area (Å²) in [6, 6.07) is 3.55. The summed E-state index contributed by atoms with van der Waals surface area (Å²) in [5.41, 5.74) is 0.520. The smallest absolute Gasteiger partial charge is 0.354 e. The highest BCUT2D eigenvalue weighted by atomic mass is 16.5. The van der Waals surface area contributed by atoms with E-state index in [1.807, 2.05) is 31.5 Å². The van der Waals surface area contributed by atoms with Crippen LogP contribution in [-0.4, -0.2) is 29.6 Å². The number of ether oxygens (including phenoxy) is 1. The first-order valence-electron chi connectivity index (χ1n) is 6.70. The average Bonchev–Trinajstić information content (AvgIpc) is 2.91. The van der Waals surface area contributed by atoms with Gasteiger partial charge in [-0.1, -0.05) is 13.8 Å². The standard InChI is InChI=1S/C14H22N2O3/c1-4-9-19-14(18)12-7-6-8-16(12)11(3)10-15-13(17)5-2/h6-8,11H,4-5,9-10H2,1-3H3,(H,15,17). The van der Waals surface area contributed by atoms with Gasteiger partial charge in [0.05, 0.1) is 6.61 Å². The minimum atomic E-state index is -0.319. The zero-order valence-electron chi connectivity index (χ0n) is 11.8. The van der Waals surface area contributed by atoms with E-state index in [4.69, 9.17) is 4.74 Å². The summed E-state index contributed by atoms with van der Waals surface area (Å²) in [6.07, 6.45) is 3.09. The monoisotopic (exact) mass is 266 g/mol. The molecule has 0 spiro atoms. The summed E-state index contributed by atoms with van der Waals surface area (Å²) in [4.78, 5) is 23.1. The maximum Gasteiger partial charge on any atom is 0.354 e. The van der Waals surface area contributed by atoms with E-state index in [9.17, 15) is 9.59 Å². The van der Waals surface area contributed by atoms with E-state index in [1.54, 1.807) is 12.1 Å². The Balaban J connectivity index is 2.65. The molecule has 1 rings (SSSR count). The molecule has 0 radical (unpaired) electrons. The lowest BCUT2D eigenvalue weighted by molar-refractivity contribution is -0.120. The molecule has 1 N–H and O–H groups in total. The van der Waals surface area contributed by atoms with E-state index in [2.05, 4.69) is 5.32 Å². The first-order chi connectivity index (χ1) is 9.10. The number of nitrogens with zero attached hydrogens (tertiary/aromatic N) is 1. The van der Waals surface area contributed by atoms with E-state index < -0.39 is 0 Å². The fraction of sp³-hybridized carbons (Fsp3) is 0.571. The maximum atomic E-state index is 11.9. The Labute approximate surface area is 113 Å². The largest absolute Gasteiger partial charge is 0.461 e. The van der Waals surface area contributed by atoms with Crippen molar-refractivity contribution >= 4 is 11.9 Å². The molecular weight excluding hydrogens is 244 g/mol. The number of hydrogen-bond acceptors (Lipinski definition) is 3. The van der Waals surface area contributed by atoms with Crippen molar-refractivity contribution < 1.29 is 14.3 Å². The molecule has 0 aromatic carbocycles. The number of rotatable bonds is 7. The van der Waals surface area contributed by atoms with Crippen molar-refractivity contribution in [3.05, 3.63) is 24.0 Å². The van der Waals surface area contributed by atoms with Crippen molar-refractivity contribution in [3.8, 4) is 0 Å². The van der Waals surface area contributed by atoms with E-state index in [1.165, 1.54) is 0 Å². The lowest BCUT2D eigenvalue weighted by atomic mass is 10.3.